The van der Waals surface area contributed by atoms with Crippen LogP contribution in [0.4, 0.5) is 5.82 Å². The number of carbonyl (C=O) groups excluding carboxylic acids is 1. The van der Waals surface area contributed by atoms with Crippen LogP contribution in [0.25, 0.3) is 0 Å². The van der Waals surface area contributed by atoms with Crippen molar-refractivity contribution in [2.75, 3.05) is 31.0 Å². The highest BCUT2D eigenvalue weighted by molar-refractivity contribution is 7.98. The molecular weight excluding hydrogens is 250 g/mol. The van der Waals surface area contributed by atoms with Gasteiger partial charge in [-0.25, -0.2) is 14.8 Å². The highest BCUT2D eigenvalue weighted by Crippen LogP contribution is 2.10. The van der Waals surface area contributed by atoms with Gasteiger partial charge in [0.15, 0.2) is 0 Å². The molecule has 1 aromatic heterocycles. The van der Waals surface area contributed by atoms with Gasteiger partial charge in [0.05, 0.1) is 7.11 Å². The SMILES string of the molecule is COC(=O)c1nc(C)cc(NCC(C)CSC)n1. The summed E-state index contributed by atoms with van der Waals surface area (Å²) in [6.45, 7) is 4.81. The number of nitrogens with one attached hydrogen (secondary N) is 1. The van der Waals surface area contributed by atoms with Crippen molar-refractivity contribution < 1.29 is 9.53 Å². The van der Waals surface area contributed by atoms with Gasteiger partial charge in [0.1, 0.15) is 5.82 Å². The van der Waals surface area contributed by atoms with Crippen LogP contribution in [0.3, 0.4) is 0 Å². The Morgan fingerprint density at radius 3 is 2.89 bits per heavy atom. The number of carbonyl (C=O) groups is 1. The summed E-state index contributed by atoms with van der Waals surface area (Å²) in [5.41, 5.74) is 0.741. The molecule has 1 heterocycles. The van der Waals surface area contributed by atoms with E-state index in [0.29, 0.717) is 11.7 Å². The third-order valence-electron chi connectivity index (χ3n) is 2.31. The first kappa shape index (κ1) is 14.8. The molecule has 0 spiro atoms. The van der Waals surface area contributed by atoms with Crippen LogP contribution in [0.5, 0.6) is 0 Å². The molecule has 18 heavy (non-hydrogen) atoms. The molecule has 0 bridgehead atoms. The summed E-state index contributed by atoms with van der Waals surface area (Å²) in [6.07, 6.45) is 2.08. The maximum atomic E-state index is 11.4. The second kappa shape index (κ2) is 7.20. The van der Waals surface area contributed by atoms with Crippen LogP contribution < -0.4 is 5.32 Å². The summed E-state index contributed by atoms with van der Waals surface area (Å²) >= 11 is 1.81. The van der Waals surface area contributed by atoms with Gasteiger partial charge in [-0.2, -0.15) is 11.8 Å². The number of esters is 1. The molecule has 1 N–H and O–H groups in total. The van der Waals surface area contributed by atoms with Crippen LogP contribution in [-0.4, -0.2) is 41.6 Å². The van der Waals surface area contributed by atoms with E-state index in [0.717, 1.165) is 18.0 Å². The average molecular weight is 269 g/mol. The van der Waals surface area contributed by atoms with Crippen LogP contribution in [0.2, 0.25) is 0 Å². The van der Waals surface area contributed by atoms with E-state index in [1.807, 2.05) is 24.8 Å². The Morgan fingerprint density at radius 2 is 2.28 bits per heavy atom. The van der Waals surface area contributed by atoms with Crippen LogP contribution in [0, 0.1) is 12.8 Å². The van der Waals surface area contributed by atoms with E-state index in [4.69, 9.17) is 0 Å². The van der Waals surface area contributed by atoms with Crippen LogP contribution >= 0.6 is 11.8 Å². The monoisotopic (exact) mass is 269 g/mol. The maximum Gasteiger partial charge on any atom is 0.376 e. The van der Waals surface area contributed by atoms with Crippen molar-refractivity contribution >= 4 is 23.5 Å². The molecule has 1 atom stereocenters. The Balaban J connectivity index is 2.71. The van der Waals surface area contributed by atoms with Gasteiger partial charge in [-0.15, -0.1) is 0 Å². The first-order valence-electron chi connectivity index (χ1n) is 5.73. The van der Waals surface area contributed by atoms with Crippen molar-refractivity contribution in [2.45, 2.75) is 13.8 Å². The third-order valence-corrected chi connectivity index (χ3v) is 3.21. The fourth-order valence-corrected chi connectivity index (χ4v) is 2.15. The summed E-state index contributed by atoms with van der Waals surface area (Å²) < 4.78 is 4.62. The number of aromatic nitrogens is 2. The van der Waals surface area contributed by atoms with Gasteiger partial charge in [-0.1, -0.05) is 6.92 Å². The molecular formula is C12H19N3O2S. The van der Waals surface area contributed by atoms with Crippen molar-refractivity contribution in [1.82, 2.24) is 9.97 Å². The van der Waals surface area contributed by atoms with E-state index in [2.05, 4.69) is 33.2 Å². The van der Waals surface area contributed by atoms with Gasteiger partial charge in [-0.05, 0) is 24.9 Å². The predicted molar refractivity (Wildman–Crippen MR) is 74.1 cm³/mol. The quantitative estimate of drug-likeness (QED) is 0.797. The molecule has 5 nitrogen and oxygen atoms in total. The first-order valence-corrected chi connectivity index (χ1v) is 7.13. The Labute approximate surface area is 112 Å². The lowest BCUT2D eigenvalue weighted by Gasteiger charge is -2.12. The molecule has 0 aliphatic heterocycles. The number of hydrogen-bond acceptors (Lipinski definition) is 6. The molecule has 0 amide bonds. The van der Waals surface area contributed by atoms with Crippen LogP contribution in [0.1, 0.15) is 23.2 Å². The van der Waals surface area contributed by atoms with Crippen molar-refractivity contribution in [3.63, 3.8) is 0 Å². The zero-order valence-electron chi connectivity index (χ0n) is 11.2. The molecule has 0 aromatic carbocycles. The van der Waals surface area contributed by atoms with Gasteiger partial charge >= 0.3 is 5.97 Å². The molecule has 6 heteroatoms. The molecule has 0 saturated heterocycles. The Hall–Kier alpha value is -1.30. The van der Waals surface area contributed by atoms with E-state index in [1.54, 1.807) is 0 Å². The number of thioether (sulfide) groups is 1. The highest BCUT2D eigenvalue weighted by atomic mass is 32.2. The number of rotatable bonds is 6. The van der Waals surface area contributed by atoms with Crippen molar-refractivity contribution in [1.29, 1.82) is 0 Å². The van der Waals surface area contributed by atoms with E-state index < -0.39 is 5.97 Å². The average Bonchev–Trinajstić information content (AvgIpc) is 2.35. The maximum absolute atomic E-state index is 11.4. The fourth-order valence-electron chi connectivity index (χ4n) is 1.46. The summed E-state index contributed by atoms with van der Waals surface area (Å²) in [7, 11) is 1.32. The molecule has 0 fully saturated rings. The molecule has 1 unspecified atom stereocenters. The normalized spacial score (nSPS) is 12.0. The Bertz CT molecular complexity index is 412. The minimum absolute atomic E-state index is 0.0949. The van der Waals surface area contributed by atoms with Gasteiger partial charge in [0.2, 0.25) is 5.82 Å². The lowest BCUT2D eigenvalue weighted by atomic mass is 10.2. The van der Waals surface area contributed by atoms with E-state index in [-0.39, 0.29) is 5.82 Å². The topological polar surface area (TPSA) is 64.1 Å². The van der Waals surface area contributed by atoms with E-state index >= 15 is 0 Å². The van der Waals surface area contributed by atoms with Crippen molar-refractivity contribution in [3.8, 4) is 0 Å². The smallest absolute Gasteiger partial charge is 0.376 e. The number of methoxy groups -OCH3 is 1. The van der Waals surface area contributed by atoms with E-state index in [9.17, 15) is 4.79 Å². The van der Waals surface area contributed by atoms with Crippen LogP contribution in [0.15, 0.2) is 6.07 Å². The minimum atomic E-state index is -0.515. The zero-order chi connectivity index (χ0) is 13.5. The minimum Gasteiger partial charge on any atom is -0.463 e. The fraction of sp³-hybridized carbons (Fsp3) is 0.583. The van der Waals surface area contributed by atoms with Gasteiger partial charge in [0, 0.05) is 18.3 Å². The number of ether oxygens (including phenoxy) is 1. The molecule has 0 radical (unpaired) electrons. The van der Waals surface area contributed by atoms with Gasteiger partial charge in [0.25, 0.3) is 0 Å². The zero-order valence-corrected chi connectivity index (χ0v) is 12.0. The Morgan fingerprint density at radius 1 is 1.56 bits per heavy atom. The first-order chi connectivity index (χ1) is 8.56. The van der Waals surface area contributed by atoms with E-state index in [1.165, 1.54) is 7.11 Å². The summed E-state index contributed by atoms with van der Waals surface area (Å²) in [5.74, 6) is 1.87. The summed E-state index contributed by atoms with van der Waals surface area (Å²) in [4.78, 5) is 19.6. The lowest BCUT2D eigenvalue weighted by molar-refractivity contribution is 0.0586. The third kappa shape index (κ3) is 4.52. The molecule has 1 aromatic rings. The number of aryl methyl sites for hydroxylation is 1. The molecule has 0 aliphatic carbocycles. The highest BCUT2D eigenvalue weighted by Gasteiger charge is 2.11. The van der Waals surface area contributed by atoms with Gasteiger partial charge < -0.3 is 10.1 Å². The van der Waals surface area contributed by atoms with Crippen LogP contribution in [-0.2, 0) is 4.74 Å². The standard InChI is InChI=1S/C12H19N3O2S/c1-8(7-18-4)6-13-10-5-9(2)14-11(15-10)12(16)17-3/h5,8H,6-7H2,1-4H3,(H,13,14,15). The summed E-state index contributed by atoms with van der Waals surface area (Å²) in [5, 5.41) is 3.22. The molecule has 100 valence electrons. The number of nitrogens with zero attached hydrogens (tertiary/aromatic N) is 2. The van der Waals surface area contributed by atoms with Crippen molar-refractivity contribution in [2.24, 2.45) is 5.92 Å². The molecule has 0 saturated carbocycles. The number of hydrogen-bond donors (Lipinski definition) is 1. The number of anilines is 1. The molecule has 1 rings (SSSR count). The largest absolute Gasteiger partial charge is 0.463 e. The second-order valence-corrected chi connectivity index (χ2v) is 5.06. The second-order valence-electron chi connectivity index (χ2n) is 4.15. The Kier molecular flexibility index (Phi) is 5.91. The predicted octanol–water partition coefficient (Wildman–Crippen LogP) is 1.98. The van der Waals surface area contributed by atoms with Crippen molar-refractivity contribution in [3.05, 3.63) is 17.6 Å². The lowest BCUT2D eigenvalue weighted by Crippen LogP contribution is -2.16. The van der Waals surface area contributed by atoms with Gasteiger partial charge in [-0.3, -0.25) is 0 Å². The summed E-state index contributed by atoms with van der Waals surface area (Å²) in [6, 6.07) is 1.82. The molecule has 0 aliphatic rings.